The zero-order valence-electron chi connectivity index (χ0n) is 11.6. The van der Waals surface area contributed by atoms with Crippen molar-refractivity contribution in [2.24, 2.45) is 0 Å². The summed E-state index contributed by atoms with van der Waals surface area (Å²) in [7, 11) is 2.52. The van der Waals surface area contributed by atoms with Crippen LogP contribution in [0.25, 0.3) is 0 Å². The monoisotopic (exact) mass is 318 g/mol. The molecule has 0 aliphatic carbocycles. The molecule has 1 unspecified atom stereocenters. The van der Waals surface area contributed by atoms with E-state index in [2.05, 4.69) is 4.44 Å². The van der Waals surface area contributed by atoms with Gasteiger partial charge < -0.3 is 18.0 Å². The minimum atomic E-state index is -3.30. The molecule has 0 saturated carbocycles. The van der Waals surface area contributed by atoms with E-state index >= 15 is 0 Å². The number of rotatable bonds is 8. The van der Waals surface area contributed by atoms with Crippen LogP contribution in [0.5, 0.6) is 0 Å². The van der Waals surface area contributed by atoms with Gasteiger partial charge in [-0.05, 0) is 11.1 Å². The topological polar surface area (TPSA) is 71.1 Å². The molecule has 0 amide bonds. The lowest BCUT2D eigenvalue weighted by atomic mass is 10.2. The van der Waals surface area contributed by atoms with Gasteiger partial charge in [0.15, 0.2) is 0 Å². The molecule has 0 spiro atoms. The highest BCUT2D eigenvalue weighted by Gasteiger charge is 2.23. The van der Waals surface area contributed by atoms with Gasteiger partial charge in [0.1, 0.15) is 0 Å². The van der Waals surface area contributed by atoms with Crippen LogP contribution in [-0.2, 0) is 39.5 Å². The summed E-state index contributed by atoms with van der Waals surface area (Å²) in [6.45, 7) is 0. The highest BCUT2D eigenvalue weighted by Crippen LogP contribution is 2.51. The molecule has 0 aliphatic rings. The van der Waals surface area contributed by atoms with E-state index in [0.29, 0.717) is 0 Å². The lowest BCUT2D eigenvalue weighted by molar-refractivity contribution is 0.275. The third-order valence-corrected chi connectivity index (χ3v) is 6.27. The fourth-order valence-corrected chi connectivity index (χ4v) is 3.56. The van der Waals surface area contributed by atoms with Crippen molar-refractivity contribution >= 4 is 23.2 Å². The van der Waals surface area contributed by atoms with Crippen molar-refractivity contribution in [2.75, 3.05) is 21.3 Å². The third kappa shape index (κ3) is 4.85. The minimum Gasteiger partial charge on any atom is -0.383 e. The Bertz CT molecular complexity index is 455. The van der Waals surface area contributed by atoms with Crippen molar-refractivity contribution < 1.29 is 27.1 Å². The van der Waals surface area contributed by atoms with E-state index in [-0.39, 0.29) is 12.3 Å². The summed E-state index contributed by atoms with van der Waals surface area (Å²) in [5, 5.41) is 0. The molecule has 9 heteroatoms. The molecule has 0 heterocycles. The minimum absolute atomic E-state index is 0.0620. The van der Waals surface area contributed by atoms with E-state index in [0.717, 1.165) is 11.1 Å². The molecule has 110 valence electrons. The first kappa shape index (κ1) is 17.6. The van der Waals surface area contributed by atoms with Crippen molar-refractivity contribution in [3.63, 3.8) is 0 Å². The molecule has 0 fully saturated rings. The molecule has 0 N–H and O–H groups in total. The first-order valence-corrected chi connectivity index (χ1v) is 9.17. The Morgan fingerprint density at radius 3 is 1.50 bits per heavy atom. The second-order valence-electron chi connectivity index (χ2n) is 4.01. The number of hydrogen-bond acceptors (Lipinski definition) is 6. The van der Waals surface area contributed by atoms with Crippen LogP contribution in [-0.4, -0.2) is 29.4 Å². The highest BCUT2D eigenvalue weighted by molar-refractivity contribution is 7.53. The van der Waals surface area contributed by atoms with Crippen LogP contribution in [0.15, 0.2) is 24.3 Å². The molecule has 0 aliphatic heterocycles. The second-order valence-corrected chi connectivity index (χ2v) is 8.39. The number of hydrogen-bond donors (Lipinski definition) is 0. The Morgan fingerprint density at radius 1 is 0.850 bits per heavy atom. The molecule has 1 atom stereocenters. The fourth-order valence-electron chi connectivity index (χ4n) is 1.55. The van der Waals surface area contributed by atoms with E-state index in [9.17, 15) is 9.13 Å². The van der Waals surface area contributed by atoms with Gasteiger partial charge in [-0.15, -0.1) is 0 Å². The zero-order valence-corrected chi connectivity index (χ0v) is 13.4. The summed E-state index contributed by atoms with van der Waals surface area (Å²) >= 11 is 0. The predicted molar refractivity (Wildman–Crippen MR) is 76.9 cm³/mol. The maximum absolute atomic E-state index is 12.0. The quantitative estimate of drug-likeness (QED) is 0.542. The maximum Gasteiger partial charge on any atom is 0.334 e. The average Bonchev–Trinajstić information content (AvgIpc) is 2.49. The van der Waals surface area contributed by atoms with Crippen molar-refractivity contribution in [3.05, 3.63) is 35.4 Å². The standard InChI is InChI=1S/C11H17BO6P2/c1-15-19(13,16-2)8-10-4-6-11(7-5-10)9-20(14,17-3)18-12/h4-7H,8-9H2,1-3H3. The van der Waals surface area contributed by atoms with Crippen molar-refractivity contribution in [2.45, 2.75) is 12.3 Å². The van der Waals surface area contributed by atoms with E-state index in [1.165, 1.54) is 21.3 Å². The van der Waals surface area contributed by atoms with Crippen LogP contribution in [0.1, 0.15) is 11.1 Å². The summed E-state index contributed by atoms with van der Waals surface area (Å²) in [6.07, 6.45) is 0.224. The van der Waals surface area contributed by atoms with Crippen LogP contribution in [0.4, 0.5) is 0 Å². The van der Waals surface area contributed by atoms with Crippen molar-refractivity contribution in [1.29, 1.82) is 0 Å². The van der Waals surface area contributed by atoms with E-state index in [4.69, 9.17) is 21.6 Å². The Balaban J connectivity index is 2.79. The maximum atomic E-state index is 12.0. The van der Waals surface area contributed by atoms with Crippen LogP contribution in [0.2, 0.25) is 0 Å². The van der Waals surface area contributed by atoms with Gasteiger partial charge in [-0.2, -0.15) is 0 Å². The lowest BCUT2D eigenvalue weighted by Gasteiger charge is -2.15. The molecule has 1 aromatic rings. The first-order valence-electron chi connectivity index (χ1n) is 5.72. The summed E-state index contributed by atoms with van der Waals surface area (Å²) in [6, 6.07) is 6.96. The normalized spacial score (nSPS) is 14.9. The molecular formula is C11H17BO6P2. The Morgan fingerprint density at radius 2 is 1.20 bits per heavy atom. The Kier molecular flexibility index (Phi) is 6.66. The van der Waals surface area contributed by atoms with Gasteiger partial charge in [0, 0.05) is 21.3 Å². The lowest BCUT2D eigenvalue weighted by Crippen LogP contribution is -1.96. The molecule has 0 aromatic heterocycles. The molecule has 2 radical (unpaired) electrons. The zero-order chi connectivity index (χ0) is 15.2. The molecule has 20 heavy (non-hydrogen) atoms. The average molecular weight is 318 g/mol. The van der Waals surface area contributed by atoms with Crippen LogP contribution >= 0.6 is 15.2 Å². The van der Waals surface area contributed by atoms with Gasteiger partial charge in [-0.3, -0.25) is 9.13 Å². The van der Waals surface area contributed by atoms with Crippen LogP contribution < -0.4 is 0 Å². The van der Waals surface area contributed by atoms with Gasteiger partial charge in [0.05, 0.1) is 12.3 Å². The molecule has 1 rings (SSSR count). The largest absolute Gasteiger partial charge is 0.383 e. The van der Waals surface area contributed by atoms with Crippen LogP contribution in [0, 0.1) is 0 Å². The molecule has 0 bridgehead atoms. The predicted octanol–water partition coefficient (Wildman–Crippen LogP) is 3.11. The number of benzene rings is 1. The Labute approximate surface area is 120 Å². The van der Waals surface area contributed by atoms with Crippen molar-refractivity contribution in [1.82, 2.24) is 0 Å². The van der Waals surface area contributed by atoms with Crippen molar-refractivity contribution in [3.8, 4) is 0 Å². The van der Waals surface area contributed by atoms with Gasteiger partial charge in [-0.1, -0.05) is 24.3 Å². The summed E-state index contributed by atoms with van der Waals surface area (Å²) < 4.78 is 42.7. The third-order valence-electron chi connectivity index (χ3n) is 2.77. The highest BCUT2D eigenvalue weighted by atomic mass is 31.2. The van der Waals surface area contributed by atoms with Crippen LogP contribution in [0.3, 0.4) is 0 Å². The molecule has 0 saturated heterocycles. The molecule has 6 nitrogen and oxygen atoms in total. The molecular weight excluding hydrogens is 301 g/mol. The van der Waals surface area contributed by atoms with Gasteiger partial charge in [-0.25, -0.2) is 0 Å². The fraction of sp³-hybridized carbons (Fsp3) is 0.455. The molecule has 1 aromatic carbocycles. The van der Waals surface area contributed by atoms with Gasteiger partial charge >= 0.3 is 15.2 Å². The Hall–Kier alpha value is -0.415. The van der Waals surface area contributed by atoms with E-state index in [1.807, 2.05) is 0 Å². The summed E-state index contributed by atoms with van der Waals surface area (Å²) in [4.78, 5) is 0. The van der Waals surface area contributed by atoms with E-state index < -0.39 is 15.2 Å². The van der Waals surface area contributed by atoms with Gasteiger partial charge in [0.2, 0.25) is 0 Å². The second kappa shape index (κ2) is 7.55. The summed E-state index contributed by atoms with van der Waals surface area (Å²) in [5.74, 6) is 0. The smallest absolute Gasteiger partial charge is 0.334 e. The summed E-state index contributed by atoms with van der Waals surface area (Å²) in [5.41, 5.74) is 1.51. The first-order chi connectivity index (χ1) is 9.40. The SMILES string of the molecule is [B]OP(=O)(Cc1ccc(CP(=O)(OC)OC)cc1)OC. The van der Waals surface area contributed by atoms with E-state index in [1.54, 1.807) is 24.3 Å². The van der Waals surface area contributed by atoms with Gasteiger partial charge in [0.25, 0.3) is 8.05 Å².